The average molecular weight is 346 g/mol. The van der Waals surface area contributed by atoms with Crippen LogP contribution in [-0.4, -0.2) is 67.8 Å². The first-order chi connectivity index (χ1) is 12.1. The van der Waals surface area contributed by atoms with Crippen LogP contribution in [0.3, 0.4) is 0 Å². The number of hydrogen-bond donors (Lipinski definition) is 0. The Kier molecular flexibility index (Phi) is 6.10. The quantitative estimate of drug-likeness (QED) is 0.783. The molecule has 138 valence electrons. The summed E-state index contributed by atoms with van der Waals surface area (Å²) >= 11 is 0. The van der Waals surface area contributed by atoms with Gasteiger partial charge in [-0.2, -0.15) is 0 Å². The fourth-order valence-corrected chi connectivity index (χ4v) is 4.16. The van der Waals surface area contributed by atoms with Crippen molar-refractivity contribution in [1.82, 2.24) is 9.80 Å². The fourth-order valence-electron chi connectivity index (χ4n) is 4.16. The van der Waals surface area contributed by atoms with E-state index in [2.05, 4.69) is 29.7 Å². The topological polar surface area (TPSA) is 42.0 Å². The Hall–Kier alpha value is -1.43. The van der Waals surface area contributed by atoms with Crippen molar-refractivity contribution in [3.63, 3.8) is 0 Å². The van der Waals surface area contributed by atoms with E-state index in [4.69, 9.17) is 9.47 Å². The van der Waals surface area contributed by atoms with Crippen LogP contribution in [0.5, 0.6) is 0 Å². The van der Waals surface area contributed by atoms with E-state index < -0.39 is 0 Å². The molecule has 0 N–H and O–H groups in total. The number of aryl methyl sites for hydroxylation is 1. The first kappa shape index (κ1) is 18.4. The molecule has 2 atom stereocenters. The van der Waals surface area contributed by atoms with Crippen molar-refractivity contribution in [1.29, 1.82) is 0 Å². The lowest BCUT2D eigenvalue weighted by Crippen LogP contribution is -2.52. The SMILES string of the molecule is COC(=O)C(c1ccccc1C)N1CCC(N2CCOC(C)C2)CC1. The highest BCUT2D eigenvalue weighted by molar-refractivity contribution is 5.78. The smallest absolute Gasteiger partial charge is 0.327 e. The van der Waals surface area contributed by atoms with Gasteiger partial charge in [-0.25, -0.2) is 4.79 Å². The highest BCUT2D eigenvalue weighted by atomic mass is 16.5. The summed E-state index contributed by atoms with van der Waals surface area (Å²) in [7, 11) is 1.48. The molecule has 5 heteroatoms. The van der Waals surface area contributed by atoms with Crippen LogP contribution in [0.15, 0.2) is 24.3 Å². The van der Waals surface area contributed by atoms with Gasteiger partial charge >= 0.3 is 5.97 Å². The van der Waals surface area contributed by atoms with Crippen LogP contribution >= 0.6 is 0 Å². The minimum Gasteiger partial charge on any atom is -0.468 e. The van der Waals surface area contributed by atoms with Crippen LogP contribution < -0.4 is 0 Å². The summed E-state index contributed by atoms with van der Waals surface area (Å²) in [5, 5.41) is 0. The predicted molar refractivity (Wildman–Crippen MR) is 97.5 cm³/mol. The van der Waals surface area contributed by atoms with E-state index in [1.165, 1.54) is 7.11 Å². The molecule has 5 nitrogen and oxygen atoms in total. The third-order valence-corrected chi connectivity index (χ3v) is 5.56. The van der Waals surface area contributed by atoms with E-state index >= 15 is 0 Å². The van der Waals surface area contributed by atoms with Crippen molar-refractivity contribution in [3.8, 4) is 0 Å². The number of esters is 1. The number of rotatable bonds is 4. The monoisotopic (exact) mass is 346 g/mol. The molecule has 0 bridgehead atoms. The number of carbonyl (C=O) groups is 1. The lowest BCUT2D eigenvalue weighted by atomic mass is 9.95. The van der Waals surface area contributed by atoms with Crippen molar-refractivity contribution in [3.05, 3.63) is 35.4 Å². The average Bonchev–Trinajstić information content (AvgIpc) is 2.64. The van der Waals surface area contributed by atoms with Crippen molar-refractivity contribution in [2.45, 2.75) is 44.9 Å². The molecule has 1 aromatic rings. The second kappa shape index (κ2) is 8.30. The lowest BCUT2D eigenvalue weighted by molar-refractivity contribution is -0.148. The van der Waals surface area contributed by atoms with Gasteiger partial charge in [0.05, 0.1) is 19.8 Å². The van der Waals surface area contributed by atoms with Gasteiger partial charge in [0.15, 0.2) is 0 Å². The normalized spacial score (nSPS) is 24.8. The predicted octanol–water partition coefficient (Wildman–Crippen LogP) is 2.39. The second-order valence-corrected chi connectivity index (χ2v) is 7.23. The third kappa shape index (κ3) is 4.22. The maximum Gasteiger partial charge on any atom is 0.327 e. The minimum atomic E-state index is -0.296. The van der Waals surface area contributed by atoms with Gasteiger partial charge in [0.25, 0.3) is 0 Å². The Bertz CT molecular complexity index is 584. The van der Waals surface area contributed by atoms with Crippen LogP contribution in [0.4, 0.5) is 0 Å². The number of piperidine rings is 1. The van der Waals surface area contributed by atoms with Crippen LogP contribution in [-0.2, 0) is 14.3 Å². The van der Waals surface area contributed by atoms with Gasteiger partial charge in [-0.05, 0) is 37.8 Å². The van der Waals surface area contributed by atoms with Crippen molar-refractivity contribution in [2.24, 2.45) is 0 Å². The van der Waals surface area contributed by atoms with Crippen LogP contribution in [0.2, 0.25) is 0 Å². The Morgan fingerprint density at radius 3 is 2.60 bits per heavy atom. The fraction of sp³-hybridized carbons (Fsp3) is 0.650. The Labute approximate surface area is 150 Å². The Morgan fingerprint density at radius 1 is 1.24 bits per heavy atom. The molecule has 0 saturated carbocycles. The number of morpholine rings is 1. The van der Waals surface area contributed by atoms with Gasteiger partial charge in [0.2, 0.25) is 0 Å². The number of nitrogens with zero attached hydrogens (tertiary/aromatic N) is 2. The van der Waals surface area contributed by atoms with Gasteiger partial charge in [-0.15, -0.1) is 0 Å². The Balaban J connectivity index is 1.68. The summed E-state index contributed by atoms with van der Waals surface area (Å²) < 4.78 is 10.8. The highest BCUT2D eigenvalue weighted by Gasteiger charge is 2.34. The van der Waals surface area contributed by atoms with Crippen LogP contribution in [0.1, 0.15) is 36.9 Å². The molecule has 0 aromatic heterocycles. The molecule has 2 fully saturated rings. The van der Waals surface area contributed by atoms with E-state index in [-0.39, 0.29) is 12.0 Å². The zero-order chi connectivity index (χ0) is 17.8. The molecule has 2 saturated heterocycles. The largest absolute Gasteiger partial charge is 0.468 e. The molecule has 2 heterocycles. The van der Waals surface area contributed by atoms with E-state index in [1.54, 1.807) is 0 Å². The number of ether oxygens (including phenoxy) is 2. The minimum absolute atomic E-state index is 0.159. The molecule has 2 aliphatic rings. The van der Waals surface area contributed by atoms with E-state index in [9.17, 15) is 4.79 Å². The summed E-state index contributed by atoms with van der Waals surface area (Å²) in [5.74, 6) is -0.159. The number of carbonyl (C=O) groups excluding carboxylic acids is 1. The molecular weight excluding hydrogens is 316 g/mol. The van der Waals surface area contributed by atoms with Crippen LogP contribution in [0, 0.1) is 6.92 Å². The van der Waals surface area contributed by atoms with Crippen molar-refractivity contribution >= 4 is 5.97 Å². The van der Waals surface area contributed by atoms with Gasteiger partial charge in [-0.1, -0.05) is 24.3 Å². The molecule has 3 rings (SSSR count). The first-order valence-electron chi connectivity index (χ1n) is 9.33. The highest BCUT2D eigenvalue weighted by Crippen LogP contribution is 2.29. The first-order valence-corrected chi connectivity index (χ1v) is 9.33. The van der Waals surface area contributed by atoms with E-state index in [0.29, 0.717) is 12.1 Å². The number of benzene rings is 1. The maximum absolute atomic E-state index is 12.5. The van der Waals surface area contributed by atoms with Gasteiger partial charge < -0.3 is 9.47 Å². The number of methoxy groups -OCH3 is 1. The number of likely N-dealkylation sites (tertiary alicyclic amines) is 1. The third-order valence-electron chi connectivity index (χ3n) is 5.56. The zero-order valence-electron chi connectivity index (χ0n) is 15.6. The van der Waals surface area contributed by atoms with Crippen LogP contribution in [0.25, 0.3) is 0 Å². The molecule has 0 radical (unpaired) electrons. The van der Waals surface area contributed by atoms with Gasteiger partial charge in [0, 0.05) is 32.2 Å². The van der Waals surface area contributed by atoms with E-state index in [0.717, 1.165) is 56.8 Å². The summed E-state index contributed by atoms with van der Waals surface area (Å²) in [5.41, 5.74) is 2.20. The Morgan fingerprint density at radius 2 is 1.96 bits per heavy atom. The van der Waals surface area contributed by atoms with Gasteiger partial charge in [0.1, 0.15) is 6.04 Å². The molecule has 1 aromatic carbocycles. The van der Waals surface area contributed by atoms with Crippen molar-refractivity contribution < 1.29 is 14.3 Å². The molecule has 0 aliphatic carbocycles. The standard InChI is InChI=1S/C20H30N2O3/c1-15-6-4-5-7-18(15)19(20(23)24-3)21-10-8-17(9-11-21)22-12-13-25-16(2)14-22/h4-7,16-17,19H,8-14H2,1-3H3. The lowest BCUT2D eigenvalue weighted by Gasteiger charge is -2.43. The second-order valence-electron chi connectivity index (χ2n) is 7.23. The maximum atomic E-state index is 12.5. The van der Waals surface area contributed by atoms with Gasteiger partial charge in [-0.3, -0.25) is 9.80 Å². The zero-order valence-corrected chi connectivity index (χ0v) is 15.6. The molecule has 0 spiro atoms. The molecule has 2 aliphatic heterocycles. The number of hydrogen-bond acceptors (Lipinski definition) is 5. The summed E-state index contributed by atoms with van der Waals surface area (Å²) in [4.78, 5) is 17.3. The summed E-state index contributed by atoms with van der Waals surface area (Å²) in [6.45, 7) is 8.92. The summed E-state index contributed by atoms with van der Waals surface area (Å²) in [6.07, 6.45) is 2.50. The van der Waals surface area contributed by atoms with Crippen molar-refractivity contribution in [2.75, 3.05) is 39.9 Å². The summed E-state index contributed by atoms with van der Waals surface area (Å²) in [6, 6.07) is 8.42. The molecule has 25 heavy (non-hydrogen) atoms. The molecular formula is C20H30N2O3. The van der Waals surface area contributed by atoms with E-state index in [1.807, 2.05) is 18.2 Å². The molecule has 2 unspecified atom stereocenters. The molecule has 0 amide bonds.